The molecule has 1 amide bonds. The molecule has 4 rings (SSSR count). The number of nitrogens with zero attached hydrogens (tertiary/aromatic N) is 4. The number of para-hydroxylation sites is 1. The van der Waals surface area contributed by atoms with Crippen LogP contribution in [0, 0.1) is 5.92 Å². The molecule has 1 aliphatic heterocycles. The van der Waals surface area contributed by atoms with Crippen molar-refractivity contribution in [3.8, 4) is 0 Å². The Balaban J connectivity index is 1.61. The third-order valence-corrected chi connectivity index (χ3v) is 5.97. The standard InChI is InChI=1S/C24H25F3N4O/c1-29-14-17(13-28-29)15-31-16-19(23(32)30(2)21-9-4-3-5-10-21)12-22(31)18-7-6-8-20(11-18)24(25,26)27/h3-11,13-14,19,22H,12,15-16H2,1-2H3/t19-,22-/m1/s1. The number of halogens is 3. The number of aromatic nitrogens is 2. The van der Waals surface area contributed by atoms with Crippen molar-refractivity contribution in [1.82, 2.24) is 14.7 Å². The van der Waals surface area contributed by atoms with Gasteiger partial charge in [0.1, 0.15) is 0 Å². The summed E-state index contributed by atoms with van der Waals surface area (Å²) in [6.45, 7) is 0.972. The number of alkyl halides is 3. The van der Waals surface area contributed by atoms with Crippen LogP contribution in [0.1, 0.15) is 29.2 Å². The van der Waals surface area contributed by atoms with Gasteiger partial charge in [0.25, 0.3) is 0 Å². The van der Waals surface area contributed by atoms with E-state index in [1.54, 1.807) is 28.9 Å². The zero-order valence-electron chi connectivity index (χ0n) is 18.0. The molecule has 0 aliphatic carbocycles. The summed E-state index contributed by atoms with van der Waals surface area (Å²) in [5.41, 5.74) is 1.64. The van der Waals surface area contributed by atoms with Crippen LogP contribution in [-0.2, 0) is 24.6 Å². The van der Waals surface area contributed by atoms with Crippen LogP contribution in [0.15, 0.2) is 67.0 Å². The maximum Gasteiger partial charge on any atom is 0.416 e. The van der Waals surface area contributed by atoms with Crippen LogP contribution in [0.25, 0.3) is 0 Å². The number of hydrogen-bond donors (Lipinski definition) is 0. The molecule has 2 atom stereocenters. The molecule has 168 valence electrons. The summed E-state index contributed by atoms with van der Waals surface area (Å²) in [7, 11) is 3.56. The number of aryl methyl sites for hydroxylation is 1. The highest BCUT2D eigenvalue weighted by molar-refractivity contribution is 5.94. The third-order valence-electron chi connectivity index (χ3n) is 5.97. The zero-order valence-corrected chi connectivity index (χ0v) is 18.0. The number of likely N-dealkylation sites (tertiary alicyclic amines) is 1. The summed E-state index contributed by atoms with van der Waals surface area (Å²) in [4.78, 5) is 17.0. The van der Waals surface area contributed by atoms with Gasteiger partial charge < -0.3 is 4.90 Å². The Morgan fingerprint density at radius 1 is 1.16 bits per heavy atom. The number of amides is 1. The normalized spacial score (nSPS) is 19.3. The number of carbonyl (C=O) groups excluding carboxylic acids is 1. The SMILES string of the molecule is CN(C(=O)[C@@H]1C[C@H](c2cccc(C(F)(F)F)c2)N(Cc2cnn(C)c2)C1)c1ccccc1. The van der Waals surface area contributed by atoms with E-state index in [9.17, 15) is 18.0 Å². The van der Waals surface area contributed by atoms with Gasteiger partial charge in [-0.05, 0) is 36.2 Å². The van der Waals surface area contributed by atoms with Gasteiger partial charge in [0.15, 0.2) is 0 Å². The molecule has 0 saturated carbocycles. The third kappa shape index (κ3) is 4.70. The number of hydrogen-bond acceptors (Lipinski definition) is 3. The van der Waals surface area contributed by atoms with Gasteiger partial charge in [0.2, 0.25) is 5.91 Å². The Labute approximate surface area is 185 Å². The molecule has 0 N–H and O–H groups in total. The van der Waals surface area contributed by atoms with E-state index >= 15 is 0 Å². The molecule has 32 heavy (non-hydrogen) atoms. The van der Waals surface area contributed by atoms with E-state index < -0.39 is 11.7 Å². The van der Waals surface area contributed by atoms with Gasteiger partial charge in [-0.15, -0.1) is 0 Å². The van der Waals surface area contributed by atoms with Crippen LogP contribution in [0.2, 0.25) is 0 Å². The van der Waals surface area contributed by atoms with Crippen molar-refractivity contribution < 1.29 is 18.0 Å². The summed E-state index contributed by atoms with van der Waals surface area (Å²) < 4.78 is 41.6. The number of benzene rings is 2. The van der Waals surface area contributed by atoms with Crippen LogP contribution in [0.3, 0.4) is 0 Å². The first kappa shape index (κ1) is 22.1. The van der Waals surface area contributed by atoms with E-state index in [4.69, 9.17) is 0 Å². The Kier molecular flexibility index (Phi) is 6.06. The second-order valence-electron chi connectivity index (χ2n) is 8.26. The van der Waals surface area contributed by atoms with E-state index in [2.05, 4.69) is 10.00 Å². The van der Waals surface area contributed by atoms with E-state index in [1.165, 1.54) is 12.1 Å². The fourth-order valence-electron chi connectivity index (χ4n) is 4.37. The van der Waals surface area contributed by atoms with Gasteiger partial charge in [0.05, 0.1) is 17.7 Å². The average molecular weight is 442 g/mol. The molecular weight excluding hydrogens is 417 g/mol. The molecule has 8 heteroatoms. The van der Waals surface area contributed by atoms with Gasteiger partial charge in [-0.2, -0.15) is 18.3 Å². The molecule has 2 aromatic carbocycles. The van der Waals surface area contributed by atoms with Gasteiger partial charge in [-0.3, -0.25) is 14.4 Å². The minimum atomic E-state index is -4.41. The van der Waals surface area contributed by atoms with Crippen LogP contribution in [0.5, 0.6) is 0 Å². The van der Waals surface area contributed by atoms with Crippen LogP contribution in [0.4, 0.5) is 18.9 Å². The average Bonchev–Trinajstić information content (AvgIpc) is 3.39. The van der Waals surface area contributed by atoms with E-state index in [0.29, 0.717) is 25.1 Å². The first-order valence-corrected chi connectivity index (χ1v) is 10.4. The van der Waals surface area contributed by atoms with Gasteiger partial charge in [0, 0.05) is 50.7 Å². The lowest BCUT2D eigenvalue weighted by atomic mass is 9.97. The van der Waals surface area contributed by atoms with Crippen LogP contribution < -0.4 is 4.90 Å². The van der Waals surface area contributed by atoms with Crippen molar-refractivity contribution >= 4 is 11.6 Å². The van der Waals surface area contributed by atoms with Crippen molar-refractivity contribution in [3.63, 3.8) is 0 Å². The number of rotatable bonds is 5. The minimum Gasteiger partial charge on any atom is -0.315 e. The molecule has 1 aromatic heterocycles. The maximum atomic E-state index is 13.3. The monoisotopic (exact) mass is 442 g/mol. The van der Waals surface area contributed by atoms with E-state index in [1.807, 2.05) is 43.6 Å². The van der Waals surface area contributed by atoms with E-state index in [-0.39, 0.29) is 17.9 Å². The van der Waals surface area contributed by atoms with Crippen molar-refractivity contribution in [1.29, 1.82) is 0 Å². The van der Waals surface area contributed by atoms with E-state index in [0.717, 1.165) is 17.3 Å². The molecule has 5 nitrogen and oxygen atoms in total. The maximum absolute atomic E-state index is 13.3. The topological polar surface area (TPSA) is 41.4 Å². The van der Waals surface area contributed by atoms with Crippen LogP contribution >= 0.6 is 0 Å². The largest absolute Gasteiger partial charge is 0.416 e. The smallest absolute Gasteiger partial charge is 0.315 e. The van der Waals surface area contributed by atoms with Crippen molar-refractivity contribution in [2.24, 2.45) is 13.0 Å². The summed E-state index contributed by atoms with van der Waals surface area (Å²) in [6, 6.07) is 14.5. The molecule has 2 heterocycles. The quantitative estimate of drug-likeness (QED) is 0.577. The lowest BCUT2D eigenvalue weighted by Crippen LogP contribution is -2.34. The van der Waals surface area contributed by atoms with Crippen molar-refractivity contribution in [2.75, 3.05) is 18.5 Å². The molecule has 0 unspecified atom stereocenters. The Morgan fingerprint density at radius 2 is 1.91 bits per heavy atom. The minimum absolute atomic E-state index is 0.0399. The Hall–Kier alpha value is -3.13. The lowest BCUT2D eigenvalue weighted by Gasteiger charge is -2.25. The van der Waals surface area contributed by atoms with Crippen molar-refractivity contribution in [3.05, 3.63) is 83.7 Å². The Morgan fingerprint density at radius 3 is 2.56 bits per heavy atom. The lowest BCUT2D eigenvalue weighted by molar-refractivity contribution is -0.137. The first-order valence-electron chi connectivity index (χ1n) is 10.4. The Bertz CT molecular complexity index is 1080. The molecule has 0 spiro atoms. The first-order chi connectivity index (χ1) is 15.2. The van der Waals surface area contributed by atoms with Gasteiger partial charge >= 0.3 is 6.18 Å². The summed E-state index contributed by atoms with van der Waals surface area (Å²) in [5.74, 6) is -0.363. The molecule has 1 saturated heterocycles. The summed E-state index contributed by atoms with van der Waals surface area (Å²) >= 11 is 0. The number of anilines is 1. The van der Waals surface area contributed by atoms with Crippen LogP contribution in [-0.4, -0.2) is 34.2 Å². The molecule has 1 fully saturated rings. The molecule has 0 bridgehead atoms. The predicted octanol–water partition coefficient (Wildman–Crippen LogP) is 4.67. The van der Waals surface area contributed by atoms with Gasteiger partial charge in [-0.1, -0.05) is 30.3 Å². The highest BCUT2D eigenvalue weighted by Gasteiger charge is 2.39. The molecule has 1 aliphatic rings. The number of carbonyl (C=O) groups is 1. The zero-order chi connectivity index (χ0) is 22.9. The second-order valence-corrected chi connectivity index (χ2v) is 8.26. The summed E-state index contributed by atoms with van der Waals surface area (Å²) in [6.07, 6.45) is -0.327. The second kappa shape index (κ2) is 8.78. The van der Waals surface area contributed by atoms with Gasteiger partial charge in [-0.25, -0.2) is 0 Å². The fraction of sp³-hybridized carbons (Fsp3) is 0.333. The predicted molar refractivity (Wildman–Crippen MR) is 116 cm³/mol. The summed E-state index contributed by atoms with van der Waals surface area (Å²) in [5, 5.41) is 4.19. The highest BCUT2D eigenvalue weighted by Crippen LogP contribution is 2.39. The molecule has 0 radical (unpaired) electrons. The molecular formula is C24H25F3N4O. The highest BCUT2D eigenvalue weighted by atomic mass is 19.4. The molecule has 3 aromatic rings. The van der Waals surface area contributed by atoms with Crippen molar-refractivity contribution in [2.45, 2.75) is 25.2 Å². The fourth-order valence-corrected chi connectivity index (χ4v) is 4.37.